The molecule has 0 fully saturated rings. The summed E-state index contributed by atoms with van der Waals surface area (Å²) in [5, 5.41) is 0. The van der Waals surface area contributed by atoms with Gasteiger partial charge < -0.3 is 10.5 Å². The maximum Gasteiger partial charge on any atom is 0.303 e. The van der Waals surface area contributed by atoms with Gasteiger partial charge in [0.1, 0.15) is 18.5 Å². The van der Waals surface area contributed by atoms with E-state index in [2.05, 4.69) is 0 Å². The quantitative estimate of drug-likeness (QED) is 0.835. The number of quaternary nitrogens is 1. The highest BCUT2D eigenvalue weighted by Gasteiger charge is 2.42. The normalized spacial score (nSPS) is 20.2. The van der Waals surface area contributed by atoms with Crippen LogP contribution in [-0.4, -0.2) is 27.8 Å². The van der Waals surface area contributed by atoms with Crippen LogP contribution in [-0.2, 0) is 10.0 Å². The number of ether oxygens (including phenoxy) is 1. The van der Waals surface area contributed by atoms with Gasteiger partial charge in [0.2, 0.25) is 0 Å². The third kappa shape index (κ3) is 3.37. The highest BCUT2D eigenvalue weighted by Crippen LogP contribution is 2.40. The first-order valence-corrected chi connectivity index (χ1v) is 9.80. The van der Waals surface area contributed by atoms with Crippen LogP contribution in [0.2, 0.25) is 0 Å². The Balaban J connectivity index is 2.16. The van der Waals surface area contributed by atoms with E-state index in [-0.39, 0.29) is 17.0 Å². The van der Waals surface area contributed by atoms with Crippen LogP contribution in [0.1, 0.15) is 0 Å². The van der Waals surface area contributed by atoms with Gasteiger partial charge in [-0.2, -0.15) is 12.3 Å². The Morgan fingerprint density at radius 1 is 1.08 bits per heavy atom. The summed E-state index contributed by atoms with van der Waals surface area (Å²) in [6.07, 6.45) is 6.63. The largest absolute Gasteiger partial charge is 0.451 e. The van der Waals surface area contributed by atoms with Crippen molar-refractivity contribution in [2.24, 2.45) is 5.73 Å². The molecule has 3 rings (SSSR count). The Morgan fingerprint density at radius 2 is 1.76 bits per heavy atom. The first-order chi connectivity index (χ1) is 12.0. The summed E-state index contributed by atoms with van der Waals surface area (Å²) < 4.78 is 31.2. The summed E-state index contributed by atoms with van der Waals surface area (Å²) in [6.45, 7) is 0.561. The van der Waals surface area contributed by atoms with Crippen LogP contribution >= 0.6 is 0 Å². The molecule has 1 heterocycles. The van der Waals surface area contributed by atoms with Gasteiger partial charge in [-0.05, 0) is 24.3 Å². The van der Waals surface area contributed by atoms with Crippen LogP contribution in [0.25, 0.3) is 0 Å². The third-order valence-electron chi connectivity index (χ3n) is 4.15. The van der Waals surface area contributed by atoms with E-state index in [1.165, 1.54) is 6.26 Å². The van der Waals surface area contributed by atoms with E-state index >= 15 is 0 Å². The van der Waals surface area contributed by atoms with Crippen LogP contribution in [0.4, 0.5) is 5.69 Å². The van der Waals surface area contributed by atoms with Gasteiger partial charge in [-0.15, -0.1) is 0 Å². The third-order valence-corrected chi connectivity index (χ3v) is 5.79. The van der Waals surface area contributed by atoms with E-state index in [0.29, 0.717) is 17.2 Å². The van der Waals surface area contributed by atoms with Crippen LogP contribution in [0.3, 0.4) is 0 Å². The Bertz CT molecular complexity index is 921. The predicted octanol–water partition coefficient (Wildman–Crippen LogP) is 3.16. The zero-order valence-corrected chi connectivity index (χ0v) is 14.8. The number of benzene rings is 2. The average Bonchev–Trinajstić information content (AvgIpc) is 2.62. The molecule has 1 atom stereocenters. The zero-order chi connectivity index (χ0) is 17.9. The molecule has 0 spiro atoms. The molecular formula is C19H21N2O3S+. The first-order valence-electron chi connectivity index (χ1n) is 7.95. The smallest absolute Gasteiger partial charge is 0.303 e. The van der Waals surface area contributed by atoms with Gasteiger partial charge in [0.05, 0.1) is 6.26 Å². The number of sulfonamides is 1. The first kappa shape index (κ1) is 17.4. The molecule has 2 aromatic carbocycles. The summed E-state index contributed by atoms with van der Waals surface area (Å²) >= 11 is 0. The molecule has 130 valence electrons. The molecule has 0 bridgehead atoms. The fourth-order valence-electron chi connectivity index (χ4n) is 2.89. The van der Waals surface area contributed by atoms with Crippen molar-refractivity contribution in [1.82, 2.24) is 3.89 Å². The number of nitrogens with two attached hydrogens (primary N) is 1. The maximum atomic E-state index is 12.8. The Morgan fingerprint density at radius 3 is 2.44 bits per heavy atom. The second-order valence-electron chi connectivity index (χ2n) is 5.90. The van der Waals surface area contributed by atoms with E-state index in [9.17, 15) is 8.42 Å². The molecule has 1 aliphatic heterocycles. The lowest BCUT2D eigenvalue weighted by Gasteiger charge is -2.33. The second kappa shape index (κ2) is 6.84. The summed E-state index contributed by atoms with van der Waals surface area (Å²) in [7, 11) is -3.52. The van der Waals surface area contributed by atoms with E-state index in [1.807, 2.05) is 54.6 Å². The summed E-state index contributed by atoms with van der Waals surface area (Å²) in [4.78, 5) is 0. The molecular weight excluding hydrogens is 336 g/mol. The fraction of sp³-hybridized carbons (Fsp3) is 0.158. The van der Waals surface area contributed by atoms with Crippen LogP contribution in [0.5, 0.6) is 11.5 Å². The molecule has 25 heavy (non-hydrogen) atoms. The van der Waals surface area contributed by atoms with Gasteiger partial charge in [0, 0.05) is 18.2 Å². The number of nitrogens with zero attached hydrogens (tertiary/aromatic N) is 1. The van der Waals surface area contributed by atoms with E-state index < -0.39 is 10.0 Å². The molecule has 1 unspecified atom stereocenters. The van der Waals surface area contributed by atoms with Crippen molar-refractivity contribution in [3.05, 3.63) is 78.5 Å². The van der Waals surface area contributed by atoms with Gasteiger partial charge in [-0.25, -0.2) is 0 Å². The molecule has 0 amide bonds. The Hall–Kier alpha value is -2.41. The Labute approximate surface area is 148 Å². The number of hydrogen-bond donors (Lipinski definition) is 1. The minimum atomic E-state index is -3.52. The van der Waals surface area contributed by atoms with Crippen molar-refractivity contribution in [2.75, 3.05) is 19.3 Å². The molecule has 0 radical (unpaired) electrons. The lowest BCUT2D eigenvalue weighted by Crippen LogP contribution is -2.50. The van der Waals surface area contributed by atoms with Crippen LogP contribution in [0, 0.1) is 0 Å². The van der Waals surface area contributed by atoms with Crippen molar-refractivity contribution >= 4 is 15.7 Å². The number of rotatable bonds is 5. The molecule has 2 N–H and O–H groups in total. The lowest BCUT2D eigenvalue weighted by atomic mass is 10.1. The predicted molar refractivity (Wildman–Crippen MR) is 101 cm³/mol. The van der Waals surface area contributed by atoms with E-state index in [1.54, 1.807) is 18.3 Å². The average molecular weight is 357 g/mol. The molecule has 2 aromatic rings. The van der Waals surface area contributed by atoms with E-state index in [0.717, 1.165) is 5.57 Å². The minimum absolute atomic E-state index is 0.272. The Kier molecular flexibility index (Phi) is 4.76. The van der Waals surface area contributed by atoms with Crippen molar-refractivity contribution in [3.8, 4) is 11.5 Å². The molecule has 0 saturated heterocycles. The van der Waals surface area contributed by atoms with Crippen LogP contribution in [0.15, 0.2) is 78.5 Å². The molecule has 0 aliphatic carbocycles. The van der Waals surface area contributed by atoms with Crippen LogP contribution < -0.4 is 14.4 Å². The van der Waals surface area contributed by atoms with Gasteiger partial charge in [0.25, 0.3) is 0 Å². The summed E-state index contributed by atoms with van der Waals surface area (Å²) in [5.74, 6) is 1.15. The highest BCUT2D eigenvalue weighted by molar-refractivity contribution is 7.90. The fourth-order valence-corrected chi connectivity index (χ4v) is 4.09. The van der Waals surface area contributed by atoms with Crippen molar-refractivity contribution in [2.45, 2.75) is 0 Å². The van der Waals surface area contributed by atoms with Crippen molar-refractivity contribution < 1.29 is 13.2 Å². The van der Waals surface area contributed by atoms with Crippen molar-refractivity contribution in [1.29, 1.82) is 0 Å². The van der Waals surface area contributed by atoms with Gasteiger partial charge in [0.15, 0.2) is 11.4 Å². The number of hydrogen-bond acceptors (Lipinski definition) is 4. The van der Waals surface area contributed by atoms with Gasteiger partial charge in [-0.1, -0.05) is 36.4 Å². The van der Waals surface area contributed by atoms with Crippen molar-refractivity contribution in [3.63, 3.8) is 0 Å². The standard InChI is InChI=1S/C19H21N2O3S/c1-25(22,23)21(13-7-8-16(14-20)15-21)18-11-5-6-12-19(18)24-17-9-3-2-4-10-17/h2-12,15H,13-14,20H2,1H3/q+1. The van der Waals surface area contributed by atoms with Gasteiger partial charge >= 0.3 is 10.0 Å². The molecule has 1 aliphatic rings. The molecule has 0 aromatic heterocycles. The second-order valence-corrected chi connectivity index (χ2v) is 8.02. The number of para-hydroxylation sites is 3. The van der Waals surface area contributed by atoms with E-state index in [4.69, 9.17) is 10.5 Å². The maximum absolute atomic E-state index is 12.8. The highest BCUT2D eigenvalue weighted by atomic mass is 32.2. The molecule has 0 saturated carbocycles. The summed E-state index contributed by atoms with van der Waals surface area (Å²) in [5.41, 5.74) is 7.08. The summed E-state index contributed by atoms with van der Waals surface area (Å²) in [6, 6.07) is 16.5. The minimum Gasteiger partial charge on any atom is -0.451 e. The van der Waals surface area contributed by atoms with Gasteiger partial charge in [-0.3, -0.25) is 0 Å². The molecule has 5 nitrogen and oxygen atoms in total. The SMILES string of the molecule is CS(=O)(=O)[N+]1(c2ccccc2Oc2ccccc2)C=C(CN)C=CC1. The topological polar surface area (TPSA) is 69.4 Å². The zero-order valence-electron chi connectivity index (χ0n) is 14.0. The monoisotopic (exact) mass is 357 g/mol. The lowest BCUT2D eigenvalue weighted by molar-refractivity contribution is 0.458. The molecule has 6 heteroatoms.